The predicted octanol–water partition coefficient (Wildman–Crippen LogP) is 1.48. The van der Waals surface area contributed by atoms with Crippen LogP contribution in [-0.4, -0.2) is 43.7 Å². The van der Waals surface area contributed by atoms with Crippen molar-refractivity contribution in [2.24, 2.45) is 0 Å². The van der Waals surface area contributed by atoms with Gasteiger partial charge in [-0.3, -0.25) is 9.59 Å². The Morgan fingerprint density at radius 2 is 2.09 bits per heavy atom. The molecule has 1 aromatic carbocycles. The number of morpholine rings is 1. The highest BCUT2D eigenvalue weighted by molar-refractivity contribution is 5.98. The molecule has 2 rings (SSSR count). The first kappa shape index (κ1) is 19.4. The van der Waals surface area contributed by atoms with Gasteiger partial charge in [-0.15, -0.1) is 12.4 Å². The van der Waals surface area contributed by atoms with Crippen molar-refractivity contribution in [3.63, 3.8) is 0 Å². The van der Waals surface area contributed by atoms with Crippen molar-refractivity contribution < 1.29 is 14.3 Å². The van der Waals surface area contributed by atoms with Crippen LogP contribution in [-0.2, 0) is 9.53 Å². The molecule has 1 aromatic rings. The van der Waals surface area contributed by atoms with Gasteiger partial charge < -0.3 is 20.7 Å². The standard InChI is InChI=1S/C16H23N3O3.ClH/c1-10(2)18-15(20)13-5-4-12(8-11(13)3)19-16(21)14-9-22-7-6-17-14;/h4-5,8,10,14,17H,6-7,9H2,1-3H3,(H,18,20)(H,19,21);1H. The van der Waals surface area contributed by atoms with E-state index in [1.807, 2.05) is 20.8 Å². The van der Waals surface area contributed by atoms with Gasteiger partial charge in [0.25, 0.3) is 5.91 Å². The van der Waals surface area contributed by atoms with Crippen molar-refractivity contribution in [3.05, 3.63) is 29.3 Å². The summed E-state index contributed by atoms with van der Waals surface area (Å²) in [7, 11) is 0. The van der Waals surface area contributed by atoms with Crippen molar-refractivity contribution in [1.82, 2.24) is 10.6 Å². The van der Waals surface area contributed by atoms with Crippen LogP contribution in [0.1, 0.15) is 29.8 Å². The fourth-order valence-corrected chi connectivity index (χ4v) is 2.30. The molecule has 0 bridgehead atoms. The van der Waals surface area contributed by atoms with Gasteiger partial charge in [0.15, 0.2) is 0 Å². The molecule has 1 aliphatic rings. The van der Waals surface area contributed by atoms with Crippen LogP contribution >= 0.6 is 12.4 Å². The number of carbonyl (C=O) groups excluding carboxylic acids is 2. The lowest BCUT2D eigenvalue weighted by Crippen LogP contribution is -2.48. The molecule has 1 heterocycles. The fourth-order valence-electron chi connectivity index (χ4n) is 2.30. The van der Waals surface area contributed by atoms with E-state index in [0.717, 1.165) is 5.56 Å². The first-order valence-corrected chi connectivity index (χ1v) is 7.51. The summed E-state index contributed by atoms with van der Waals surface area (Å²) in [5, 5.41) is 8.81. The molecule has 0 radical (unpaired) electrons. The lowest BCUT2D eigenvalue weighted by Gasteiger charge is -2.23. The summed E-state index contributed by atoms with van der Waals surface area (Å²) in [6.07, 6.45) is 0. The maximum absolute atomic E-state index is 12.1. The van der Waals surface area contributed by atoms with E-state index in [4.69, 9.17) is 4.74 Å². The number of halogens is 1. The SMILES string of the molecule is Cc1cc(NC(=O)C2COCCN2)ccc1C(=O)NC(C)C.Cl. The molecule has 0 aromatic heterocycles. The molecule has 6 nitrogen and oxygen atoms in total. The molecular weight excluding hydrogens is 318 g/mol. The highest BCUT2D eigenvalue weighted by atomic mass is 35.5. The Hall–Kier alpha value is -1.63. The number of hydrogen-bond donors (Lipinski definition) is 3. The van der Waals surface area contributed by atoms with Gasteiger partial charge in [0.05, 0.1) is 13.2 Å². The molecule has 1 atom stereocenters. The van der Waals surface area contributed by atoms with Gasteiger partial charge in [0.1, 0.15) is 6.04 Å². The second-order valence-corrected chi connectivity index (χ2v) is 5.73. The zero-order valence-corrected chi connectivity index (χ0v) is 14.5. The van der Waals surface area contributed by atoms with E-state index in [-0.39, 0.29) is 36.3 Å². The van der Waals surface area contributed by atoms with Crippen LogP contribution in [0.2, 0.25) is 0 Å². The number of rotatable bonds is 4. The zero-order chi connectivity index (χ0) is 16.1. The summed E-state index contributed by atoms with van der Waals surface area (Å²) in [5.41, 5.74) is 2.12. The number of ether oxygens (including phenoxy) is 1. The van der Waals surface area contributed by atoms with Crippen LogP contribution in [0, 0.1) is 6.92 Å². The molecule has 2 amide bonds. The monoisotopic (exact) mass is 341 g/mol. The van der Waals surface area contributed by atoms with E-state index in [9.17, 15) is 9.59 Å². The van der Waals surface area contributed by atoms with Crippen molar-refractivity contribution in [2.75, 3.05) is 25.1 Å². The van der Waals surface area contributed by atoms with Gasteiger partial charge in [-0.1, -0.05) is 0 Å². The predicted molar refractivity (Wildman–Crippen MR) is 92.3 cm³/mol. The Morgan fingerprint density at radius 1 is 1.35 bits per heavy atom. The lowest BCUT2D eigenvalue weighted by atomic mass is 10.1. The third-order valence-corrected chi connectivity index (χ3v) is 3.40. The molecule has 3 N–H and O–H groups in total. The Balaban J connectivity index is 0.00000264. The van der Waals surface area contributed by atoms with Crippen LogP contribution < -0.4 is 16.0 Å². The second kappa shape index (κ2) is 8.86. The van der Waals surface area contributed by atoms with E-state index in [1.165, 1.54) is 0 Å². The third kappa shape index (κ3) is 5.49. The minimum Gasteiger partial charge on any atom is -0.378 e. The van der Waals surface area contributed by atoms with Gasteiger partial charge in [-0.25, -0.2) is 0 Å². The maximum Gasteiger partial charge on any atom is 0.251 e. The molecule has 1 unspecified atom stereocenters. The molecule has 0 spiro atoms. The van der Waals surface area contributed by atoms with Gasteiger partial charge in [-0.05, 0) is 44.5 Å². The van der Waals surface area contributed by atoms with Crippen molar-refractivity contribution in [3.8, 4) is 0 Å². The summed E-state index contributed by atoms with van der Waals surface area (Å²) >= 11 is 0. The number of anilines is 1. The highest BCUT2D eigenvalue weighted by Gasteiger charge is 2.21. The molecule has 1 aliphatic heterocycles. The average Bonchev–Trinajstić information content (AvgIpc) is 2.47. The Kier molecular flexibility index (Phi) is 7.48. The molecule has 0 aliphatic carbocycles. The number of hydrogen-bond acceptors (Lipinski definition) is 4. The second-order valence-electron chi connectivity index (χ2n) is 5.73. The Morgan fingerprint density at radius 3 is 2.65 bits per heavy atom. The summed E-state index contributed by atoms with van der Waals surface area (Å²) in [6.45, 7) is 7.36. The van der Waals surface area contributed by atoms with E-state index in [0.29, 0.717) is 31.0 Å². The summed E-state index contributed by atoms with van der Waals surface area (Å²) in [5.74, 6) is -0.230. The van der Waals surface area contributed by atoms with Crippen LogP contribution in [0.4, 0.5) is 5.69 Å². The smallest absolute Gasteiger partial charge is 0.251 e. The number of amides is 2. The molecule has 23 heavy (non-hydrogen) atoms. The molecular formula is C16H24ClN3O3. The van der Waals surface area contributed by atoms with Crippen molar-refractivity contribution in [1.29, 1.82) is 0 Å². The van der Waals surface area contributed by atoms with Crippen molar-refractivity contribution in [2.45, 2.75) is 32.9 Å². The minimum absolute atomic E-state index is 0. The normalized spacial score (nSPS) is 17.3. The molecule has 1 fully saturated rings. The van der Waals surface area contributed by atoms with E-state index >= 15 is 0 Å². The number of aryl methyl sites for hydroxylation is 1. The first-order chi connectivity index (χ1) is 10.5. The lowest BCUT2D eigenvalue weighted by molar-refractivity contribution is -0.120. The van der Waals surface area contributed by atoms with Gasteiger partial charge >= 0.3 is 0 Å². The van der Waals surface area contributed by atoms with Crippen LogP contribution in [0.3, 0.4) is 0 Å². The van der Waals surface area contributed by atoms with Crippen LogP contribution in [0.25, 0.3) is 0 Å². The van der Waals surface area contributed by atoms with Gasteiger partial charge in [-0.2, -0.15) is 0 Å². The van der Waals surface area contributed by atoms with E-state index < -0.39 is 0 Å². The number of benzene rings is 1. The average molecular weight is 342 g/mol. The zero-order valence-electron chi connectivity index (χ0n) is 13.6. The largest absolute Gasteiger partial charge is 0.378 e. The molecule has 0 saturated carbocycles. The van der Waals surface area contributed by atoms with Crippen LogP contribution in [0.5, 0.6) is 0 Å². The Labute approximate surface area is 142 Å². The van der Waals surface area contributed by atoms with E-state index in [1.54, 1.807) is 18.2 Å². The number of carbonyl (C=O) groups is 2. The van der Waals surface area contributed by atoms with Gasteiger partial charge in [0.2, 0.25) is 5.91 Å². The van der Waals surface area contributed by atoms with Gasteiger partial charge in [0, 0.05) is 23.8 Å². The van der Waals surface area contributed by atoms with Crippen LogP contribution in [0.15, 0.2) is 18.2 Å². The number of nitrogens with one attached hydrogen (secondary N) is 3. The van der Waals surface area contributed by atoms with Crippen molar-refractivity contribution >= 4 is 29.9 Å². The topological polar surface area (TPSA) is 79.5 Å². The third-order valence-electron chi connectivity index (χ3n) is 3.40. The summed E-state index contributed by atoms with van der Waals surface area (Å²) in [4.78, 5) is 24.1. The fraction of sp³-hybridized carbons (Fsp3) is 0.500. The Bertz CT molecular complexity index is 558. The summed E-state index contributed by atoms with van der Waals surface area (Å²) in [6, 6.07) is 5.02. The molecule has 7 heteroatoms. The van der Waals surface area contributed by atoms with E-state index in [2.05, 4.69) is 16.0 Å². The summed E-state index contributed by atoms with van der Waals surface area (Å²) < 4.78 is 5.28. The molecule has 128 valence electrons. The quantitative estimate of drug-likeness (QED) is 0.775. The first-order valence-electron chi connectivity index (χ1n) is 7.51. The highest BCUT2D eigenvalue weighted by Crippen LogP contribution is 2.16. The maximum atomic E-state index is 12.1. The minimum atomic E-state index is -0.335. The molecule has 1 saturated heterocycles.